The number of carbonyl (C=O) groups excluding carboxylic acids is 3. The van der Waals surface area contributed by atoms with E-state index in [1.807, 2.05) is 26.0 Å². The van der Waals surface area contributed by atoms with Crippen molar-refractivity contribution in [2.45, 2.75) is 173 Å². The zero-order valence-electron chi connectivity index (χ0n) is 44.1. The number of phenols is 2. The molecular weight excluding hydrogens is 1050 g/mol. The molecule has 7 N–H and O–H groups in total. The lowest BCUT2D eigenvalue weighted by Crippen LogP contribution is -2.64. The predicted octanol–water partition coefficient (Wildman–Crippen LogP) is 7.55. The van der Waals surface area contributed by atoms with E-state index in [1.54, 1.807) is 46.8 Å². The molecule has 0 unspecified atom stereocenters. The monoisotopic (exact) mass is 1120 g/mol. The van der Waals surface area contributed by atoms with Gasteiger partial charge in [-0.15, -0.1) is 0 Å². The van der Waals surface area contributed by atoms with Crippen LogP contribution in [0, 0.1) is 5.92 Å². The molecule has 14 atom stereocenters. The number of aliphatic hydroxyl groups is 5. The van der Waals surface area contributed by atoms with Gasteiger partial charge in [0, 0.05) is 24.5 Å². The number of carbonyl (C=O) groups is 3. The molecule has 0 radical (unpaired) electrons. The standard InChI is InChI=1S/C55H71Cl3O18/c1-11-31-24-27(4)36(60)16-14-13-15-33(25-70-54-48(69-10)43(63)46(30(7)71-54)73-52(68)38-35(12-2)39(57)42(62)40(58)41(38)61)51(67)72-37(29(6)59)22-17-26(3)23-28(5)45(31)75-53-44(64)47(49(65)55(8,9)76-53)74-50(66)32-18-20-34(56)21-19-32/h13-15,17-21,23-24,29-31,36-37,43-49,53-54,59-65H,11-12,16,22,25H2,1-10H3/b14-13+,26-17+,27-24+,28-23+,33-15+/t29-,30-,31+,36+,37+,43+,44+,45+,46-,47-,48+,49+,53-,54-/m1/s1. The zero-order chi connectivity index (χ0) is 56.5. The molecule has 420 valence electrons. The molecule has 2 saturated heterocycles. The molecule has 0 aromatic heterocycles. The van der Waals surface area contributed by atoms with Crippen LogP contribution in [0.5, 0.6) is 11.5 Å². The van der Waals surface area contributed by atoms with Gasteiger partial charge >= 0.3 is 17.9 Å². The van der Waals surface area contributed by atoms with E-state index < -0.39 is 138 Å². The number of cyclic esters (lactones) is 1. The fourth-order valence-corrected chi connectivity index (χ4v) is 9.71. The third-order valence-electron chi connectivity index (χ3n) is 13.6. The summed E-state index contributed by atoms with van der Waals surface area (Å²) in [7, 11) is 1.26. The summed E-state index contributed by atoms with van der Waals surface area (Å²) < 4.78 is 47.7. The van der Waals surface area contributed by atoms with E-state index in [0.29, 0.717) is 28.2 Å². The summed E-state index contributed by atoms with van der Waals surface area (Å²) in [6.45, 7) is 14.6. The Balaban J connectivity index is 1.39. The van der Waals surface area contributed by atoms with Crippen LogP contribution in [-0.2, 0) is 49.1 Å². The van der Waals surface area contributed by atoms with Gasteiger partial charge in [-0.3, -0.25) is 0 Å². The second kappa shape index (κ2) is 27.5. The van der Waals surface area contributed by atoms with Crippen molar-refractivity contribution in [1.82, 2.24) is 0 Å². The maximum Gasteiger partial charge on any atom is 0.342 e. The van der Waals surface area contributed by atoms with Crippen molar-refractivity contribution in [3.05, 3.63) is 115 Å². The van der Waals surface area contributed by atoms with Crippen LogP contribution in [0.1, 0.15) is 108 Å². The Kier molecular flexibility index (Phi) is 22.6. The largest absolute Gasteiger partial charge is 0.505 e. The predicted molar refractivity (Wildman–Crippen MR) is 281 cm³/mol. The molecule has 0 spiro atoms. The maximum atomic E-state index is 14.0. The molecule has 76 heavy (non-hydrogen) atoms. The van der Waals surface area contributed by atoms with Crippen molar-refractivity contribution in [3.8, 4) is 11.5 Å². The first-order chi connectivity index (χ1) is 35.8. The molecule has 0 saturated carbocycles. The number of hydrogen-bond donors (Lipinski definition) is 7. The van der Waals surface area contributed by atoms with Crippen molar-refractivity contribution in [2.24, 2.45) is 5.92 Å². The average molecular weight is 1130 g/mol. The van der Waals surface area contributed by atoms with Crippen LogP contribution < -0.4 is 0 Å². The number of allylic oxidation sites excluding steroid dienone is 4. The Morgan fingerprint density at radius 1 is 0.868 bits per heavy atom. The highest BCUT2D eigenvalue weighted by Gasteiger charge is 2.53. The topological polar surface area (TPSA) is 267 Å². The second-order valence-electron chi connectivity index (χ2n) is 19.7. The van der Waals surface area contributed by atoms with Crippen LogP contribution >= 0.6 is 34.8 Å². The fraction of sp³-hybridized carbons (Fsp3) is 0.545. The lowest BCUT2D eigenvalue weighted by Gasteiger charge is -2.47. The highest BCUT2D eigenvalue weighted by Crippen LogP contribution is 2.45. The first kappa shape index (κ1) is 62.5. The second-order valence-corrected chi connectivity index (χ2v) is 20.9. The molecule has 2 aromatic rings. The number of benzene rings is 2. The fourth-order valence-electron chi connectivity index (χ4n) is 9.03. The van der Waals surface area contributed by atoms with Crippen LogP contribution in [0.15, 0.2) is 83.0 Å². The van der Waals surface area contributed by atoms with Crippen molar-refractivity contribution in [3.63, 3.8) is 0 Å². The van der Waals surface area contributed by atoms with Crippen molar-refractivity contribution >= 4 is 52.7 Å². The minimum absolute atomic E-state index is 0.0464. The Bertz CT molecular complexity index is 2520. The van der Waals surface area contributed by atoms with E-state index in [-0.39, 0.29) is 41.0 Å². The third-order valence-corrected chi connectivity index (χ3v) is 14.6. The zero-order valence-corrected chi connectivity index (χ0v) is 46.4. The lowest BCUT2D eigenvalue weighted by atomic mass is 9.88. The summed E-state index contributed by atoms with van der Waals surface area (Å²) in [6, 6.07) is 5.95. The molecule has 18 nitrogen and oxygen atoms in total. The Labute approximate surface area is 458 Å². The number of aromatic hydroxyl groups is 2. The number of phenolic OH excluding ortho intramolecular Hbond substituents is 2. The average Bonchev–Trinajstić information content (AvgIpc) is 3.37. The Morgan fingerprint density at radius 2 is 1.53 bits per heavy atom. The normalized spacial score (nSPS) is 33.5. The quantitative estimate of drug-likeness (QED) is 0.0580. The van der Waals surface area contributed by atoms with Crippen LogP contribution in [0.2, 0.25) is 15.1 Å². The van der Waals surface area contributed by atoms with E-state index in [2.05, 4.69) is 0 Å². The highest BCUT2D eigenvalue weighted by atomic mass is 35.5. The summed E-state index contributed by atoms with van der Waals surface area (Å²) in [6.07, 6.45) is -6.01. The number of methoxy groups -OCH3 is 1. The van der Waals surface area contributed by atoms with E-state index in [9.17, 15) is 50.1 Å². The van der Waals surface area contributed by atoms with Gasteiger partial charge in [-0.25, -0.2) is 14.4 Å². The molecule has 2 aromatic carbocycles. The van der Waals surface area contributed by atoms with Gasteiger partial charge in [-0.2, -0.15) is 0 Å². The molecule has 3 heterocycles. The van der Waals surface area contributed by atoms with Gasteiger partial charge in [0.05, 0.1) is 52.8 Å². The molecule has 3 aliphatic heterocycles. The van der Waals surface area contributed by atoms with Gasteiger partial charge in [-0.1, -0.05) is 84.6 Å². The summed E-state index contributed by atoms with van der Waals surface area (Å²) >= 11 is 18.3. The first-order valence-electron chi connectivity index (χ1n) is 25.0. The van der Waals surface area contributed by atoms with E-state index >= 15 is 0 Å². The maximum absolute atomic E-state index is 14.0. The molecule has 0 bridgehead atoms. The van der Waals surface area contributed by atoms with Gasteiger partial charge in [0.15, 0.2) is 36.3 Å². The molecule has 0 amide bonds. The number of esters is 3. The summed E-state index contributed by atoms with van der Waals surface area (Å²) in [4.78, 5) is 40.8. The van der Waals surface area contributed by atoms with Crippen LogP contribution in [0.4, 0.5) is 0 Å². The van der Waals surface area contributed by atoms with E-state index in [1.165, 1.54) is 57.4 Å². The SMILES string of the molecule is CCc1c(Cl)c(O)c(Cl)c(O)c1C(=O)O[C@H]1[C@H](O)[C@H](OC)[C@H](OC/C2=C\C=C\C[C@H](O)/C(C)=C/[C@H](CC)[C@@H](O[C@@H]3OC(C)(C)[C@@H](O)[C@H](OC(=O)c4ccc(Cl)cc4)[C@@H]3O)/C(C)=C/C(C)=C/C[C@@H]([C@@H](C)O)OC2=O)O[C@@H]1C. The van der Waals surface area contributed by atoms with E-state index in [4.69, 9.17) is 72.7 Å². The first-order valence-corrected chi connectivity index (χ1v) is 26.1. The highest BCUT2D eigenvalue weighted by molar-refractivity contribution is 6.39. The van der Waals surface area contributed by atoms with Gasteiger partial charge in [-0.05, 0) is 115 Å². The van der Waals surface area contributed by atoms with Crippen LogP contribution in [0.3, 0.4) is 0 Å². The number of aliphatic hydroxyl groups excluding tert-OH is 5. The third kappa shape index (κ3) is 15.0. The van der Waals surface area contributed by atoms with Crippen LogP contribution in [-0.4, -0.2) is 153 Å². The Morgan fingerprint density at radius 3 is 2.14 bits per heavy atom. The molecule has 5 rings (SSSR count). The minimum atomic E-state index is -1.65. The van der Waals surface area contributed by atoms with Gasteiger partial charge in [0.25, 0.3) is 0 Å². The number of rotatable bonds is 13. The lowest BCUT2D eigenvalue weighted by molar-refractivity contribution is -0.330. The van der Waals surface area contributed by atoms with Gasteiger partial charge < -0.3 is 73.6 Å². The molecule has 21 heteroatoms. The Hall–Kier alpha value is -4.38. The van der Waals surface area contributed by atoms with Crippen LogP contribution in [0.25, 0.3) is 0 Å². The molecule has 0 aliphatic carbocycles. The van der Waals surface area contributed by atoms with Gasteiger partial charge in [0.1, 0.15) is 41.1 Å². The summed E-state index contributed by atoms with van der Waals surface area (Å²) in [5.74, 6) is -4.60. The number of ether oxygens (including phenoxy) is 8. The van der Waals surface area contributed by atoms with Gasteiger partial charge in [0.2, 0.25) is 0 Å². The van der Waals surface area contributed by atoms with E-state index in [0.717, 1.165) is 0 Å². The van der Waals surface area contributed by atoms with Crippen molar-refractivity contribution in [2.75, 3.05) is 13.7 Å². The summed E-state index contributed by atoms with van der Waals surface area (Å²) in [5.41, 5.74) is 0.290. The van der Waals surface area contributed by atoms with Crippen molar-refractivity contribution < 1.29 is 88.0 Å². The molecule has 2 fully saturated rings. The smallest absolute Gasteiger partial charge is 0.342 e. The van der Waals surface area contributed by atoms with Crippen molar-refractivity contribution in [1.29, 1.82) is 0 Å². The summed E-state index contributed by atoms with van der Waals surface area (Å²) in [5, 5.41) is 77.4. The number of halogens is 3. The molecule has 3 aliphatic rings. The number of hydrogen-bond acceptors (Lipinski definition) is 18. The molecular formula is C55H71Cl3O18. The minimum Gasteiger partial charge on any atom is -0.505 e.